The van der Waals surface area contributed by atoms with Gasteiger partial charge in [-0.15, -0.1) is 11.3 Å². The number of hydrogen-bond acceptors (Lipinski definition) is 7. The van der Waals surface area contributed by atoms with Gasteiger partial charge in [0.1, 0.15) is 11.8 Å². The summed E-state index contributed by atoms with van der Waals surface area (Å²) < 4.78 is 12.9. The fourth-order valence-electron chi connectivity index (χ4n) is 3.47. The maximum atomic E-state index is 13.5. The van der Waals surface area contributed by atoms with Crippen LogP contribution in [0.3, 0.4) is 0 Å². The lowest BCUT2D eigenvalue weighted by molar-refractivity contribution is -0.140. The summed E-state index contributed by atoms with van der Waals surface area (Å²) in [7, 11) is 1.61. The SMILES string of the molecule is COc1ccc(/C=c2/sc3n(c2=O)[C@@H](c2cccs2)C(C(=O)OCC(C)C)=C(C)N=3)cc1. The molecule has 0 amide bonds. The van der Waals surface area contributed by atoms with Gasteiger partial charge in [0.05, 0.1) is 29.5 Å². The van der Waals surface area contributed by atoms with E-state index in [1.165, 1.54) is 22.7 Å². The first kappa shape index (κ1) is 22.2. The van der Waals surface area contributed by atoms with Gasteiger partial charge in [0, 0.05) is 4.88 Å². The third-order valence-electron chi connectivity index (χ3n) is 5.02. The second-order valence-corrected chi connectivity index (χ2v) is 9.85. The van der Waals surface area contributed by atoms with E-state index in [4.69, 9.17) is 9.47 Å². The molecule has 0 radical (unpaired) electrons. The van der Waals surface area contributed by atoms with Crippen molar-refractivity contribution >= 4 is 34.7 Å². The standard InChI is InChI=1S/C24H24N2O4S2/c1-14(2)13-30-23(28)20-15(3)25-24-26(21(20)18-6-5-11-31-18)22(27)19(32-24)12-16-7-9-17(29-4)10-8-16/h5-12,14,21H,13H2,1-4H3/b19-12+/t21-/m0/s1. The number of nitrogens with zero attached hydrogens (tertiary/aromatic N) is 2. The smallest absolute Gasteiger partial charge is 0.338 e. The molecule has 0 saturated heterocycles. The fourth-order valence-corrected chi connectivity index (χ4v) is 5.34. The lowest BCUT2D eigenvalue weighted by Crippen LogP contribution is -2.39. The molecular formula is C24H24N2O4S2. The van der Waals surface area contributed by atoms with Gasteiger partial charge in [-0.05, 0) is 48.1 Å². The Balaban J connectivity index is 1.84. The quantitative estimate of drug-likeness (QED) is 0.519. The largest absolute Gasteiger partial charge is 0.497 e. The summed E-state index contributed by atoms with van der Waals surface area (Å²) in [6, 6.07) is 10.8. The summed E-state index contributed by atoms with van der Waals surface area (Å²) in [6.45, 7) is 6.08. The molecule has 1 atom stereocenters. The lowest BCUT2D eigenvalue weighted by atomic mass is 10.0. The number of carbonyl (C=O) groups excluding carboxylic acids is 1. The average molecular weight is 469 g/mol. The van der Waals surface area contributed by atoms with Gasteiger partial charge in [-0.2, -0.15) is 0 Å². The maximum Gasteiger partial charge on any atom is 0.338 e. The van der Waals surface area contributed by atoms with Crippen molar-refractivity contribution < 1.29 is 14.3 Å². The van der Waals surface area contributed by atoms with E-state index in [2.05, 4.69) is 4.99 Å². The number of fused-ring (bicyclic) bond motifs is 1. The van der Waals surface area contributed by atoms with Crippen LogP contribution in [0.15, 0.2) is 62.8 Å². The Hall–Kier alpha value is -2.97. The first-order valence-electron chi connectivity index (χ1n) is 10.3. The molecule has 0 bridgehead atoms. The van der Waals surface area contributed by atoms with Gasteiger partial charge in [-0.1, -0.05) is 43.4 Å². The molecule has 0 unspecified atom stereocenters. The van der Waals surface area contributed by atoms with E-state index in [9.17, 15) is 9.59 Å². The van der Waals surface area contributed by atoms with E-state index in [0.717, 1.165) is 16.2 Å². The van der Waals surface area contributed by atoms with Crippen LogP contribution < -0.4 is 19.6 Å². The monoisotopic (exact) mass is 468 g/mol. The Morgan fingerprint density at radius 2 is 2.00 bits per heavy atom. The molecule has 3 heterocycles. The van der Waals surface area contributed by atoms with E-state index >= 15 is 0 Å². The molecule has 0 fully saturated rings. The molecule has 2 aromatic heterocycles. The Bertz CT molecular complexity index is 1330. The zero-order chi connectivity index (χ0) is 22.8. The van der Waals surface area contributed by atoms with Crippen LogP contribution >= 0.6 is 22.7 Å². The maximum absolute atomic E-state index is 13.5. The molecule has 4 rings (SSSR count). The lowest BCUT2D eigenvalue weighted by Gasteiger charge is -2.23. The van der Waals surface area contributed by atoms with Gasteiger partial charge < -0.3 is 9.47 Å². The zero-order valence-electron chi connectivity index (χ0n) is 18.3. The summed E-state index contributed by atoms with van der Waals surface area (Å²) >= 11 is 2.82. The third kappa shape index (κ3) is 4.33. The van der Waals surface area contributed by atoms with Crippen molar-refractivity contribution in [3.8, 4) is 5.75 Å². The summed E-state index contributed by atoms with van der Waals surface area (Å²) in [5.41, 5.74) is 1.70. The van der Waals surface area contributed by atoms with Gasteiger partial charge in [-0.3, -0.25) is 9.36 Å². The molecule has 8 heteroatoms. The molecule has 0 saturated carbocycles. The van der Waals surface area contributed by atoms with Crippen LogP contribution in [-0.2, 0) is 9.53 Å². The van der Waals surface area contributed by atoms with Crippen LogP contribution in [0.5, 0.6) is 5.75 Å². The Labute approximate surface area is 193 Å². The van der Waals surface area contributed by atoms with Crippen molar-refractivity contribution in [1.82, 2.24) is 4.57 Å². The van der Waals surface area contributed by atoms with E-state index in [-0.39, 0.29) is 11.5 Å². The van der Waals surface area contributed by atoms with E-state index < -0.39 is 12.0 Å². The number of thiophene rings is 1. The number of ether oxygens (including phenoxy) is 2. The summed E-state index contributed by atoms with van der Waals surface area (Å²) in [4.78, 5) is 32.6. The van der Waals surface area contributed by atoms with Crippen LogP contribution in [0, 0.1) is 5.92 Å². The van der Waals surface area contributed by atoms with Gasteiger partial charge in [0.15, 0.2) is 4.80 Å². The topological polar surface area (TPSA) is 69.9 Å². The van der Waals surface area contributed by atoms with E-state index in [1.54, 1.807) is 18.6 Å². The molecule has 0 aliphatic carbocycles. The molecule has 6 nitrogen and oxygen atoms in total. The highest BCUT2D eigenvalue weighted by atomic mass is 32.1. The van der Waals surface area contributed by atoms with E-state index in [1.807, 2.05) is 61.7 Å². The first-order chi connectivity index (χ1) is 15.4. The molecule has 1 aliphatic heterocycles. The fraction of sp³-hybridized carbons (Fsp3) is 0.292. The summed E-state index contributed by atoms with van der Waals surface area (Å²) in [5.74, 6) is 0.537. The van der Waals surface area contributed by atoms with Crippen molar-refractivity contribution in [1.29, 1.82) is 0 Å². The number of allylic oxidation sites excluding steroid dienone is 1. The van der Waals surface area contributed by atoms with Gasteiger partial charge in [-0.25, -0.2) is 9.79 Å². The summed E-state index contributed by atoms with van der Waals surface area (Å²) in [6.07, 6.45) is 1.84. The van der Waals surface area contributed by atoms with Crippen molar-refractivity contribution in [2.75, 3.05) is 13.7 Å². The molecule has 0 N–H and O–H groups in total. The van der Waals surface area contributed by atoms with Gasteiger partial charge in [0.25, 0.3) is 5.56 Å². The second-order valence-electron chi connectivity index (χ2n) is 7.86. The minimum Gasteiger partial charge on any atom is -0.497 e. The zero-order valence-corrected chi connectivity index (χ0v) is 20.0. The number of thiazole rings is 1. The Kier molecular flexibility index (Phi) is 6.43. The van der Waals surface area contributed by atoms with Crippen LogP contribution in [-0.4, -0.2) is 24.3 Å². The number of benzene rings is 1. The highest BCUT2D eigenvalue weighted by molar-refractivity contribution is 7.10. The molecule has 32 heavy (non-hydrogen) atoms. The number of methoxy groups -OCH3 is 1. The van der Waals surface area contributed by atoms with Crippen molar-refractivity contribution in [3.05, 3.63) is 83.2 Å². The molecule has 166 valence electrons. The van der Waals surface area contributed by atoms with Gasteiger partial charge in [0.2, 0.25) is 0 Å². The van der Waals surface area contributed by atoms with Crippen LogP contribution in [0.1, 0.15) is 37.3 Å². The molecule has 0 spiro atoms. The number of esters is 1. The third-order valence-corrected chi connectivity index (χ3v) is 6.92. The highest BCUT2D eigenvalue weighted by Gasteiger charge is 2.34. The molecule has 1 aliphatic rings. The Morgan fingerprint density at radius 3 is 2.62 bits per heavy atom. The van der Waals surface area contributed by atoms with Crippen LogP contribution in [0.25, 0.3) is 6.08 Å². The second kappa shape index (κ2) is 9.26. The molecule has 3 aromatic rings. The minimum absolute atomic E-state index is 0.176. The first-order valence-corrected chi connectivity index (χ1v) is 12.0. The number of carbonyl (C=O) groups is 1. The van der Waals surface area contributed by atoms with Crippen molar-refractivity contribution in [2.45, 2.75) is 26.8 Å². The van der Waals surface area contributed by atoms with Crippen molar-refractivity contribution in [3.63, 3.8) is 0 Å². The van der Waals surface area contributed by atoms with Crippen LogP contribution in [0.2, 0.25) is 0 Å². The predicted octanol–water partition coefficient (Wildman–Crippen LogP) is 3.50. The minimum atomic E-state index is -0.552. The normalized spacial score (nSPS) is 16.2. The molecular weight excluding hydrogens is 444 g/mol. The number of rotatable bonds is 6. The number of aromatic nitrogens is 1. The van der Waals surface area contributed by atoms with Gasteiger partial charge >= 0.3 is 5.97 Å². The molecule has 1 aromatic carbocycles. The summed E-state index contributed by atoms with van der Waals surface area (Å²) in [5, 5.41) is 1.94. The number of hydrogen-bond donors (Lipinski definition) is 0. The van der Waals surface area contributed by atoms with E-state index in [0.29, 0.717) is 27.2 Å². The average Bonchev–Trinajstić information content (AvgIpc) is 3.40. The van der Waals surface area contributed by atoms with Crippen LogP contribution in [0.4, 0.5) is 0 Å². The highest BCUT2D eigenvalue weighted by Crippen LogP contribution is 2.33. The Morgan fingerprint density at radius 1 is 1.25 bits per heavy atom. The predicted molar refractivity (Wildman–Crippen MR) is 127 cm³/mol. The van der Waals surface area contributed by atoms with Crippen molar-refractivity contribution in [2.24, 2.45) is 10.9 Å².